The Morgan fingerprint density at radius 1 is 1.30 bits per heavy atom. The third-order valence-electron chi connectivity index (χ3n) is 3.81. The van der Waals surface area contributed by atoms with E-state index in [1.54, 1.807) is 18.2 Å². The smallest absolute Gasteiger partial charge is 0.244 e. The molecule has 2 N–H and O–H groups in total. The molecule has 1 aliphatic rings. The molecule has 0 amide bonds. The molecule has 112 valence electrons. The van der Waals surface area contributed by atoms with Crippen LogP contribution in [0.3, 0.4) is 0 Å². The summed E-state index contributed by atoms with van der Waals surface area (Å²) in [4.78, 5) is 0.143. The van der Waals surface area contributed by atoms with Crippen molar-refractivity contribution in [2.24, 2.45) is 5.92 Å². The summed E-state index contributed by atoms with van der Waals surface area (Å²) >= 11 is 0. The second kappa shape index (κ2) is 6.56. The topological polar surface area (TPSA) is 75.6 Å². The second-order valence-electron chi connectivity index (χ2n) is 5.11. The zero-order chi connectivity index (χ0) is 14.6. The van der Waals surface area contributed by atoms with E-state index in [9.17, 15) is 13.5 Å². The molecular weight excluding hydrogens is 278 g/mol. The van der Waals surface area contributed by atoms with E-state index in [0.29, 0.717) is 5.75 Å². The Labute approximate surface area is 120 Å². The lowest BCUT2D eigenvalue weighted by Gasteiger charge is -2.30. The number of para-hydroxylation sites is 1. The molecule has 2 unspecified atom stereocenters. The molecule has 2 atom stereocenters. The van der Waals surface area contributed by atoms with Gasteiger partial charge in [-0.15, -0.1) is 0 Å². The van der Waals surface area contributed by atoms with Crippen LogP contribution >= 0.6 is 0 Å². The minimum Gasteiger partial charge on any atom is -0.495 e. The summed E-state index contributed by atoms with van der Waals surface area (Å²) < 4.78 is 32.8. The number of aliphatic hydroxyl groups excluding tert-OH is 1. The normalized spacial score (nSPS) is 23.5. The minimum atomic E-state index is -3.63. The zero-order valence-corrected chi connectivity index (χ0v) is 12.4. The molecule has 0 bridgehead atoms. The van der Waals surface area contributed by atoms with Gasteiger partial charge in [-0.25, -0.2) is 13.1 Å². The van der Waals surface area contributed by atoms with Gasteiger partial charge in [0.2, 0.25) is 10.0 Å². The van der Waals surface area contributed by atoms with Crippen molar-refractivity contribution >= 4 is 10.0 Å². The van der Waals surface area contributed by atoms with Gasteiger partial charge in [-0.05, 0) is 30.9 Å². The second-order valence-corrected chi connectivity index (χ2v) is 6.79. The lowest BCUT2D eigenvalue weighted by Crippen LogP contribution is -2.43. The van der Waals surface area contributed by atoms with Gasteiger partial charge in [-0.3, -0.25) is 0 Å². The van der Waals surface area contributed by atoms with Crippen molar-refractivity contribution in [1.29, 1.82) is 0 Å². The molecular formula is C14H21NO4S. The lowest BCUT2D eigenvalue weighted by molar-refractivity contribution is 0.164. The van der Waals surface area contributed by atoms with E-state index < -0.39 is 10.0 Å². The summed E-state index contributed by atoms with van der Waals surface area (Å²) in [5.41, 5.74) is 0. The Hall–Kier alpha value is -1.11. The summed E-state index contributed by atoms with van der Waals surface area (Å²) in [6.07, 6.45) is 3.64. The number of aliphatic hydroxyl groups is 1. The van der Waals surface area contributed by atoms with E-state index in [2.05, 4.69) is 4.72 Å². The Balaban J connectivity index is 2.22. The maximum Gasteiger partial charge on any atom is 0.244 e. The fourth-order valence-electron chi connectivity index (χ4n) is 2.68. The van der Waals surface area contributed by atoms with E-state index >= 15 is 0 Å². The summed E-state index contributed by atoms with van der Waals surface area (Å²) in [6, 6.07) is 6.34. The van der Waals surface area contributed by atoms with E-state index in [1.165, 1.54) is 13.2 Å². The van der Waals surface area contributed by atoms with Gasteiger partial charge in [-0.1, -0.05) is 25.0 Å². The van der Waals surface area contributed by atoms with Gasteiger partial charge in [0, 0.05) is 12.6 Å². The van der Waals surface area contributed by atoms with Crippen LogP contribution in [0.25, 0.3) is 0 Å². The molecule has 1 fully saturated rings. The Morgan fingerprint density at radius 3 is 2.70 bits per heavy atom. The molecule has 20 heavy (non-hydrogen) atoms. The van der Waals surface area contributed by atoms with Gasteiger partial charge < -0.3 is 9.84 Å². The van der Waals surface area contributed by atoms with Crippen molar-refractivity contribution in [1.82, 2.24) is 4.72 Å². The van der Waals surface area contributed by atoms with Crippen LogP contribution in [0.1, 0.15) is 25.7 Å². The Morgan fingerprint density at radius 2 is 2.00 bits per heavy atom. The average Bonchev–Trinajstić information content (AvgIpc) is 2.47. The van der Waals surface area contributed by atoms with Crippen LogP contribution in [-0.4, -0.2) is 33.3 Å². The van der Waals surface area contributed by atoms with Crippen molar-refractivity contribution < 1.29 is 18.3 Å². The fraction of sp³-hybridized carbons (Fsp3) is 0.571. The van der Waals surface area contributed by atoms with Gasteiger partial charge >= 0.3 is 0 Å². The maximum absolute atomic E-state index is 12.5. The van der Waals surface area contributed by atoms with Gasteiger partial charge in [0.15, 0.2) is 0 Å². The average molecular weight is 299 g/mol. The third-order valence-corrected chi connectivity index (χ3v) is 5.34. The van der Waals surface area contributed by atoms with Crippen LogP contribution in [0.2, 0.25) is 0 Å². The van der Waals surface area contributed by atoms with Crippen molar-refractivity contribution in [2.75, 3.05) is 13.7 Å². The largest absolute Gasteiger partial charge is 0.495 e. The molecule has 1 aromatic carbocycles. The molecule has 0 aromatic heterocycles. The number of hydrogen-bond acceptors (Lipinski definition) is 4. The molecule has 5 nitrogen and oxygen atoms in total. The highest BCUT2D eigenvalue weighted by Crippen LogP contribution is 2.28. The molecule has 1 saturated carbocycles. The number of nitrogens with one attached hydrogen (secondary N) is 1. The number of benzene rings is 1. The van der Waals surface area contributed by atoms with Crippen molar-refractivity contribution in [3.8, 4) is 5.75 Å². The van der Waals surface area contributed by atoms with E-state index in [0.717, 1.165) is 25.7 Å². The minimum absolute atomic E-state index is 0.00627. The van der Waals surface area contributed by atoms with E-state index in [4.69, 9.17) is 4.74 Å². The Kier molecular flexibility index (Phi) is 5.01. The van der Waals surface area contributed by atoms with Gasteiger partial charge in [0.05, 0.1) is 7.11 Å². The van der Waals surface area contributed by atoms with Crippen molar-refractivity contribution in [3.63, 3.8) is 0 Å². The van der Waals surface area contributed by atoms with Gasteiger partial charge in [0.25, 0.3) is 0 Å². The summed E-state index contributed by atoms with van der Waals surface area (Å²) in [6.45, 7) is 0.0130. The first-order valence-electron chi connectivity index (χ1n) is 6.84. The summed E-state index contributed by atoms with van der Waals surface area (Å²) in [5, 5.41) is 9.37. The molecule has 1 aliphatic carbocycles. The zero-order valence-electron chi connectivity index (χ0n) is 11.6. The van der Waals surface area contributed by atoms with Crippen LogP contribution < -0.4 is 9.46 Å². The van der Waals surface area contributed by atoms with E-state index in [1.807, 2.05) is 0 Å². The number of rotatable bonds is 5. The first-order chi connectivity index (χ1) is 9.58. The monoisotopic (exact) mass is 299 g/mol. The number of methoxy groups -OCH3 is 1. The first kappa shape index (κ1) is 15.3. The van der Waals surface area contributed by atoms with Gasteiger partial charge in [-0.2, -0.15) is 0 Å². The Bertz CT molecular complexity index is 544. The summed E-state index contributed by atoms with van der Waals surface area (Å²) in [7, 11) is -2.18. The van der Waals surface area contributed by atoms with Crippen LogP contribution in [0, 0.1) is 5.92 Å². The molecule has 2 rings (SSSR count). The van der Waals surface area contributed by atoms with Crippen LogP contribution in [-0.2, 0) is 10.0 Å². The lowest BCUT2D eigenvalue weighted by atomic mass is 9.86. The van der Waals surface area contributed by atoms with E-state index in [-0.39, 0.29) is 23.5 Å². The fourth-order valence-corrected chi connectivity index (χ4v) is 4.19. The highest BCUT2D eigenvalue weighted by Gasteiger charge is 2.30. The molecule has 0 aliphatic heterocycles. The van der Waals surface area contributed by atoms with Crippen LogP contribution in [0.15, 0.2) is 29.2 Å². The van der Waals surface area contributed by atoms with Crippen LogP contribution in [0.4, 0.5) is 0 Å². The predicted octanol–water partition coefficient (Wildman–Crippen LogP) is 1.52. The summed E-state index contributed by atoms with van der Waals surface area (Å²) in [5.74, 6) is 0.324. The number of ether oxygens (including phenoxy) is 1. The standard InChI is InChI=1S/C14H21NO4S/c1-19-13-8-4-5-9-14(13)20(17,18)15-12-7-3-2-6-11(12)10-16/h4-5,8-9,11-12,15-16H,2-3,6-7,10H2,1H3. The molecule has 1 aromatic rings. The molecule has 0 radical (unpaired) electrons. The molecule has 6 heteroatoms. The van der Waals surface area contributed by atoms with Gasteiger partial charge in [0.1, 0.15) is 10.6 Å². The number of sulfonamides is 1. The number of hydrogen-bond donors (Lipinski definition) is 2. The first-order valence-corrected chi connectivity index (χ1v) is 8.33. The highest BCUT2D eigenvalue weighted by molar-refractivity contribution is 7.89. The van der Waals surface area contributed by atoms with Crippen molar-refractivity contribution in [3.05, 3.63) is 24.3 Å². The van der Waals surface area contributed by atoms with Crippen molar-refractivity contribution in [2.45, 2.75) is 36.6 Å². The molecule has 0 saturated heterocycles. The third kappa shape index (κ3) is 3.31. The maximum atomic E-state index is 12.5. The molecule has 0 spiro atoms. The SMILES string of the molecule is COc1ccccc1S(=O)(=O)NC1CCCCC1CO. The van der Waals surface area contributed by atoms with Crippen LogP contribution in [0.5, 0.6) is 5.75 Å². The highest BCUT2D eigenvalue weighted by atomic mass is 32.2. The predicted molar refractivity (Wildman–Crippen MR) is 76.1 cm³/mol. The quantitative estimate of drug-likeness (QED) is 0.864. The molecule has 0 heterocycles.